The summed E-state index contributed by atoms with van der Waals surface area (Å²) in [5, 5.41) is 13.5. The molecule has 0 amide bonds. The van der Waals surface area contributed by atoms with E-state index in [4.69, 9.17) is 4.52 Å². The predicted molar refractivity (Wildman–Crippen MR) is 126 cm³/mol. The summed E-state index contributed by atoms with van der Waals surface area (Å²) < 4.78 is 23.3. The van der Waals surface area contributed by atoms with Crippen LogP contribution in [-0.4, -0.2) is 35.8 Å². The molecule has 1 aliphatic heterocycles. The lowest BCUT2D eigenvalue weighted by atomic mass is 9.97. The number of imidazole rings is 1. The Kier molecular flexibility index (Phi) is 5.31. The van der Waals surface area contributed by atoms with Crippen LogP contribution in [0.5, 0.6) is 5.88 Å². The van der Waals surface area contributed by atoms with Crippen LogP contribution in [0.25, 0.3) is 22.4 Å². The van der Waals surface area contributed by atoms with Crippen molar-refractivity contribution in [1.82, 2.24) is 24.2 Å². The monoisotopic (exact) mass is 465 g/mol. The molecule has 4 aromatic rings. The summed E-state index contributed by atoms with van der Waals surface area (Å²) >= 11 is 0. The molecule has 1 N–H and O–H groups in total. The van der Waals surface area contributed by atoms with E-state index in [1.165, 1.54) is 10.6 Å². The lowest BCUT2D eigenvalue weighted by molar-refractivity contribution is 0.228. The average Bonchev–Trinajstić information content (AvgIpc) is 3.27. The Morgan fingerprint density at radius 2 is 2.00 bits per heavy atom. The number of hydrogen-bond acceptors (Lipinski definition) is 6. The second kappa shape index (κ2) is 8.09. The maximum Gasteiger partial charge on any atom is 0.330 e. The molecule has 9 heteroatoms. The highest BCUT2D eigenvalue weighted by molar-refractivity contribution is 5.76. The van der Waals surface area contributed by atoms with Crippen molar-refractivity contribution in [3.05, 3.63) is 63.5 Å². The molecule has 0 unspecified atom stereocenters. The summed E-state index contributed by atoms with van der Waals surface area (Å²) in [5.74, 6) is 0.281. The van der Waals surface area contributed by atoms with E-state index < -0.39 is 0 Å². The third-order valence-corrected chi connectivity index (χ3v) is 6.21. The van der Waals surface area contributed by atoms with E-state index in [1.54, 1.807) is 29.8 Å². The molecule has 0 saturated heterocycles. The number of aromatic nitrogens is 4. The molecule has 0 atom stereocenters. The summed E-state index contributed by atoms with van der Waals surface area (Å²) in [6.07, 6.45) is 0.661. The molecule has 0 aliphatic carbocycles. The highest BCUT2D eigenvalue weighted by atomic mass is 19.1. The fourth-order valence-corrected chi connectivity index (χ4v) is 4.56. The summed E-state index contributed by atoms with van der Waals surface area (Å²) in [6, 6.07) is 8.63. The van der Waals surface area contributed by atoms with E-state index in [9.17, 15) is 14.3 Å². The van der Waals surface area contributed by atoms with Crippen LogP contribution < -0.4 is 5.69 Å². The van der Waals surface area contributed by atoms with Crippen molar-refractivity contribution in [2.45, 2.75) is 46.8 Å². The minimum absolute atomic E-state index is 0.0685. The molecule has 1 aromatic carbocycles. The summed E-state index contributed by atoms with van der Waals surface area (Å²) in [7, 11) is 1.69. The topological polar surface area (TPSA) is 89.3 Å². The van der Waals surface area contributed by atoms with Gasteiger partial charge in [0, 0.05) is 45.2 Å². The third-order valence-electron chi connectivity index (χ3n) is 6.21. The Morgan fingerprint density at radius 3 is 2.76 bits per heavy atom. The van der Waals surface area contributed by atoms with Gasteiger partial charge in [0.2, 0.25) is 0 Å². The van der Waals surface area contributed by atoms with Crippen molar-refractivity contribution in [1.29, 1.82) is 0 Å². The lowest BCUT2D eigenvalue weighted by Gasteiger charge is -2.25. The van der Waals surface area contributed by atoms with E-state index in [-0.39, 0.29) is 22.8 Å². The van der Waals surface area contributed by atoms with Gasteiger partial charge >= 0.3 is 5.69 Å². The lowest BCUT2D eigenvalue weighted by Crippen LogP contribution is -2.29. The van der Waals surface area contributed by atoms with E-state index in [2.05, 4.69) is 35.8 Å². The smallest absolute Gasteiger partial charge is 0.330 e. The van der Waals surface area contributed by atoms with Crippen molar-refractivity contribution in [2.24, 2.45) is 12.5 Å². The van der Waals surface area contributed by atoms with E-state index in [0.717, 1.165) is 23.4 Å². The van der Waals surface area contributed by atoms with Crippen molar-refractivity contribution in [3.8, 4) is 17.1 Å². The number of hydrogen-bond donors (Lipinski definition) is 1. The van der Waals surface area contributed by atoms with Crippen molar-refractivity contribution in [2.75, 3.05) is 6.54 Å². The van der Waals surface area contributed by atoms with Crippen LogP contribution in [0, 0.1) is 11.2 Å². The minimum atomic E-state index is -0.368. The number of rotatable bonds is 4. The standard InChI is InChI=1S/C25H28FN5O3/c1-25(2,3)14-31-20-8-7-19(27-22(20)29(4)24(31)33)16-11-15(5-6-18(16)26)12-30-10-9-21-17(13-30)23(32)28-34-21/h5-8,11H,9-10,12-14H2,1-4H3,(H,28,32). The number of aromatic hydroxyl groups is 1. The van der Waals surface area contributed by atoms with Crippen LogP contribution in [0.3, 0.4) is 0 Å². The number of nitrogens with zero attached hydrogens (tertiary/aromatic N) is 5. The normalized spacial score (nSPS) is 14.6. The van der Waals surface area contributed by atoms with Crippen molar-refractivity contribution < 1.29 is 14.0 Å². The Labute approximate surface area is 196 Å². The largest absolute Gasteiger partial charge is 0.491 e. The van der Waals surface area contributed by atoms with Gasteiger partial charge in [-0.05, 0) is 40.4 Å². The zero-order valence-electron chi connectivity index (χ0n) is 19.8. The van der Waals surface area contributed by atoms with Gasteiger partial charge in [-0.2, -0.15) is 0 Å². The van der Waals surface area contributed by atoms with Gasteiger partial charge < -0.3 is 9.63 Å². The number of benzene rings is 1. The van der Waals surface area contributed by atoms with Crippen LogP contribution >= 0.6 is 0 Å². The van der Waals surface area contributed by atoms with Crippen LogP contribution in [0.15, 0.2) is 39.6 Å². The van der Waals surface area contributed by atoms with E-state index in [0.29, 0.717) is 48.5 Å². The van der Waals surface area contributed by atoms with Gasteiger partial charge in [0.15, 0.2) is 5.65 Å². The zero-order valence-corrected chi connectivity index (χ0v) is 19.8. The number of pyridine rings is 1. The summed E-state index contributed by atoms with van der Waals surface area (Å²) in [6.45, 7) is 8.65. The van der Waals surface area contributed by atoms with Crippen LogP contribution in [0.2, 0.25) is 0 Å². The molecular formula is C25H28FN5O3. The first-order valence-electron chi connectivity index (χ1n) is 11.3. The fourth-order valence-electron chi connectivity index (χ4n) is 4.56. The van der Waals surface area contributed by atoms with Gasteiger partial charge in [0.1, 0.15) is 11.6 Å². The van der Waals surface area contributed by atoms with Gasteiger partial charge in [-0.25, -0.2) is 14.2 Å². The Hall–Kier alpha value is -3.46. The van der Waals surface area contributed by atoms with Crippen molar-refractivity contribution >= 4 is 11.2 Å². The summed E-state index contributed by atoms with van der Waals surface area (Å²) in [5.41, 5.74) is 3.57. The highest BCUT2D eigenvalue weighted by Gasteiger charge is 2.24. The van der Waals surface area contributed by atoms with Gasteiger partial charge in [-0.3, -0.25) is 14.0 Å². The SMILES string of the molecule is Cn1c(=O)n(CC(C)(C)C)c2ccc(-c3cc(CN4CCc5onc(O)c5C4)ccc3F)nc21. The van der Waals surface area contributed by atoms with E-state index in [1.807, 2.05) is 6.07 Å². The maximum atomic E-state index is 14.9. The molecule has 8 nitrogen and oxygen atoms in total. The number of aryl methyl sites for hydroxylation is 1. The zero-order chi connectivity index (χ0) is 24.2. The molecule has 4 heterocycles. The van der Waals surface area contributed by atoms with Gasteiger partial charge in [-0.1, -0.05) is 26.8 Å². The van der Waals surface area contributed by atoms with Gasteiger partial charge in [-0.15, -0.1) is 0 Å². The summed E-state index contributed by atoms with van der Waals surface area (Å²) in [4.78, 5) is 19.7. The molecule has 0 spiro atoms. The second-order valence-electron chi connectivity index (χ2n) is 10.2. The first-order valence-corrected chi connectivity index (χ1v) is 11.3. The molecule has 1 aliphatic rings. The Morgan fingerprint density at radius 1 is 1.21 bits per heavy atom. The first-order chi connectivity index (χ1) is 16.1. The quantitative estimate of drug-likeness (QED) is 0.493. The van der Waals surface area contributed by atoms with Crippen LogP contribution in [0.4, 0.5) is 4.39 Å². The van der Waals surface area contributed by atoms with Crippen molar-refractivity contribution in [3.63, 3.8) is 0 Å². The molecule has 0 fully saturated rings. The number of fused-ring (bicyclic) bond motifs is 2. The molecule has 0 saturated carbocycles. The van der Waals surface area contributed by atoms with Crippen LogP contribution in [-0.2, 0) is 33.1 Å². The molecule has 3 aromatic heterocycles. The fraction of sp³-hybridized carbons (Fsp3) is 0.400. The molecule has 34 heavy (non-hydrogen) atoms. The molecule has 0 radical (unpaired) electrons. The molecule has 178 valence electrons. The predicted octanol–water partition coefficient (Wildman–Crippen LogP) is 3.84. The minimum Gasteiger partial charge on any atom is -0.491 e. The maximum absolute atomic E-state index is 14.9. The highest BCUT2D eigenvalue weighted by Crippen LogP contribution is 2.29. The molecule has 5 rings (SSSR count). The van der Waals surface area contributed by atoms with Gasteiger partial charge in [0.25, 0.3) is 5.88 Å². The Balaban J connectivity index is 1.47. The Bertz CT molecular complexity index is 1440. The van der Waals surface area contributed by atoms with Crippen LogP contribution in [0.1, 0.15) is 37.7 Å². The second-order valence-corrected chi connectivity index (χ2v) is 10.2. The molecular weight excluding hydrogens is 437 g/mol. The molecule has 0 bridgehead atoms. The average molecular weight is 466 g/mol. The number of halogens is 1. The first kappa shape index (κ1) is 22.3. The van der Waals surface area contributed by atoms with Gasteiger partial charge in [0.05, 0.1) is 16.8 Å². The van der Waals surface area contributed by atoms with E-state index >= 15 is 0 Å². The third kappa shape index (κ3) is 4.00.